The fourth-order valence-corrected chi connectivity index (χ4v) is 5.07. The lowest BCUT2D eigenvalue weighted by atomic mass is 9.87. The zero-order valence-electron chi connectivity index (χ0n) is 16.1. The Morgan fingerprint density at radius 2 is 1.89 bits per heavy atom. The van der Waals surface area contributed by atoms with Crippen LogP contribution in [0.5, 0.6) is 0 Å². The first-order valence-electron chi connectivity index (χ1n) is 9.90. The van der Waals surface area contributed by atoms with Gasteiger partial charge in [0, 0.05) is 19.2 Å². The van der Waals surface area contributed by atoms with Gasteiger partial charge >= 0.3 is 0 Å². The second-order valence-corrected chi connectivity index (χ2v) is 9.61. The molecule has 0 heterocycles. The largest absolute Gasteiger partial charge is 0.335 e. The Balaban J connectivity index is 1.55. The van der Waals surface area contributed by atoms with Crippen molar-refractivity contribution >= 4 is 15.9 Å². The Hall–Kier alpha value is -2.18. The summed E-state index contributed by atoms with van der Waals surface area (Å²) in [5.74, 6) is 0.304. The number of nitrogens with zero attached hydrogens (tertiary/aromatic N) is 1. The summed E-state index contributed by atoms with van der Waals surface area (Å²) in [5, 5.41) is 0. The summed E-state index contributed by atoms with van der Waals surface area (Å²) in [7, 11) is -1.78. The number of sulfonamides is 1. The van der Waals surface area contributed by atoms with E-state index in [2.05, 4.69) is 16.9 Å². The first kappa shape index (κ1) is 19.2. The summed E-state index contributed by atoms with van der Waals surface area (Å²) in [6, 6.07) is 14.6. The average molecular weight is 399 g/mol. The zero-order chi connectivity index (χ0) is 19.7. The van der Waals surface area contributed by atoms with Gasteiger partial charge in [0.15, 0.2) is 0 Å². The third-order valence-corrected chi connectivity index (χ3v) is 7.20. The molecule has 1 unspecified atom stereocenters. The summed E-state index contributed by atoms with van der Waals surface area (Å²) in [5.41, 5.74) is 2.89. The minimum atomic E-state index is -3.59. The molecule has 0 radical (unpaired) electrons. The predicted molar refractivity (Wildman–Crippen MR) is 109 cm³/mol. The molecule has 0 bridgehead atoms. The van der Waals surface area contributed by atoms with E-state index < -0.39 is 10.0 Å². The Kier molecular flexibility index (Phi) is 5.25. The van der Waals surface area contributed by atoms with Gasteiger partial charge in [-0.05, 0) is 67.3 Å². The van der Waals surface area contributed by atoms with Crippen LogP contribution in [-0.2, 0) is 16.4 Å². The van der Waals surface area contributed by atoms with E-state index in [1.54, 1.807) is 23.1 Å². The van der Waals surface area contributed by atoms with Gasteiger partial charge < -0.3 is 4.90 Å². The van der Waals surface area contributed by atoms with Crippen LogP contribution in [-0.4, -0.2) is 32.8 Å². The first-order chi connectivity index (χ1) is 13.5. The zero-order valence-corrected chi connectivity index (χ0v) is 16.9. The second kappa shape index (κ2) is 7.68. The maximum absolute atomic E-state index is 13.1. The normalized spacial score (nSPS) is 19.1. The van der Waals surface area contributed by atoms with E-state index in [1.165, 1.54) is 17.2 Å². The van der Waals surface area contributed by atoms with Crippen LogP contribution in [0.3, 0.4) is 0 Å². The van der Waals surface area contributed by atoms with Crippen LogP contribution in [0, 0.1) is 5.92 Å². The van der Waals surface area contributed by atoms with Gasteiger partial charge in [-0.25, -0.2) is 13.1 Å². The monoisotopic (exact) mass is 398 g/mol. The van der Waals surface area contributed by atoms with Crippen LogP contribution >= 0.6 is 0 Å². The highest BCUT2D eigenvalue weighted by atomic mass is 32.2. The number of nitrogens with one attached hydrogen (secondary N) is 1. The van der Waals surface area contributed by atoms with E-state index in [-0.39, 0.29) is 16.8 Å². The van der Waals surface area contributed by atoms with E-state index in [9.17, 15) is 13.2 Å². The van der Waals surface area contributed by atoms with Gasteiger partial charge in [-0.15, -0.1) is 0 Å². The van der Waals surface area contributed by atoms with Crippen LogP contribution < -0.4 is 4.72 Å². The lowest BCUT2D eigenvalue weighted by Crippen LogP contribution is -2.33. The summed E-state index contributed by atoms with van der Waals surface area (Å²) in [6.45, 7) is 0.471. The molecule has 0 aliphatic heterocycles. The molecule has 5 nitrogen and oxygen atoms in total. The lowest BCUT2D eigenvalue weighted by Gasteiger charge is -2.33. The molecule has 1 atom stereocenters. The molecular formula is C22H26N2O3S. The molecule has 6 heteroatoms. The van der Waals surface area contributed by atoms with Gasteiger partial charge in [0.1, 0.15) is 0 Å². The molecule has 28 heavy (non-hydrogen) atoms. The molecule has 2 aromatic carbocycles. The Bertz CT molecular complexity index is 983. The van der Waals surface area contributed by atoms with Crippen molar-refractivity contribution in [3.8, 4) is 0 Å². The molecule has 0 saturated heterocycles. The summed E-state index contributed by atoms with van der Waals surface area (Å²) in [6.07, 6.45) is 5.15. The third-order valence-electron chi connectivity index (χ3n) is 5.78. The van der Waals surface area contributed by atoms with Crippen molar-refractivity contribution in [2.24, 2.45) is 5.92 Å². The minimum Gasteiger partial charge on any atom is -0.335 e. The summed E-state index contributed by atoms with van der Waals surface area (Å²) >= 11 is 0. The maximum atomic E-state index is 13.1. The third kappa shape index (κ3) is 3.98. The van der Waals surface area contributed by atoms with Crippen molar-refractivity contribution in [1.82, 2.24) is 9.62 Å². The van der Waals surface area contributed by atoms with E-state index in [4.69, 9.17) is 0 Å². The number of aryl methyl sites for hydroxylation is 1. The van der Waals surface area contributed by atoms with Crippen molar-refractivity contribution in [2.75, 3.05) is 13.6 Å². The van der Waals surface area contributed by atoms with E-state index >= 15 is 0 Å². The molecular weight excluding hydrogens is 372 g/mol. The standard InChI is InChI=1S/C22H26N2O3S/c1-24(21-11-5-7-17-6-2-3-10-20(17)21)22(25)18-8-4-9-19(14-18)28(26,27)23-15-16-12-13-16/h2-4,6,8-10,14,16,21,23H,5,7,11-13,15H2,1H3. The first-order valence-corrected chi connectivity index (χ1v) is 11.4. The Morgan fingerprint density at radius 1 is 1.11 bits per heavy atom. The highest BCUT2D eigenvalue weighted by Gasteiger charge is 2.28. The van der Waals surface area contributed by atoms with Gasteiger partial charge in [0.05, 0.1) is 10.9 Å². The van der Waals surface area contributed by atoms with E-state index in [1.807, 2.05) is 19.2 Å². The molecule has 0 spiro atoms. The molecule has 1 fully saturated rings. The topological polar surface area (TPSA) is 66.5 Å². The van der Waals surface area contributed by atoms with Crippen molar-refractivity contribution in [2.45, 2.75) is 43.0 Å². The van der Waals surface area contributed by atoms with Crippen LogP contribution in [0.4, 0.5) is 0 Å². The number of carbonyl (C=O) groups excluding carboxylic acids is 1. The number of amides is 1. The smallest absolute Gasteiger partial charge is 0.254 e. The number of carbonyl (C=O) groups is 1. The fraction of sp³-hybridized carbons (Fsp3) is 0.409. The molecule has 1 amide bonds. The van der Waals surface area contributed by atoms with Crippen molar-refractivity contribution < 1.29 is 13.2 Å². The summed E-state index contributed by atoms with van der Waals surface area (Å²) in [4.78, 5) is 15.0. The van der Waals surface area contributed by atoms with Crippen LogP contribution in [0.15, 0.2) is 53.4 Å². The van der Waals surface area contributed by atoms with Gasteiger partial charge in [-0.2, -0.15) is 0 Å². The Morgan fingerprint density at radius 3 is 2.68 bits per heavy atom. The molecule has 2 aliphatic rings. The molecule has 1 saturated carbocycles. The molecule has 4 rings (SSSR count). The van der Waals surface area contributed by atoms with Gasteiger partial charge in [0.25, 0.3) is 5.91 Å². The van der Waals surface area contributed by atoms with Gasteiger partial charge in [-0.3, -0.25) is 4.79 Å². The van der Waals surface area contributed by atoms with Crippen LogP contribution in [0.1, 0.15) is 53.2 Å². The maximum Gasteiger partial charge on any atom is 0.254 e. The number of fused-ring (bicyclic) bond motifs is 1. The highest BCUT2D eigenvalue weighted by Crippen LogP contribution is 2.34. The van der Waals surface area contributed by atoms with E-state index in [0.717, 1.165) is 32.1 Å². The quantitative estimate of drug-likeness (QED) is 0.810. The fourth-order valence-electron chi connectivity index (χ4n) is 3.90. The predicted octanol–water partition coefficient (Wildman–Crippen LogP) is 3.52. The molecule has 148 valence electrons. The number of benzene rings is 2. The summed E-state index contributed by atoms with van der Waals surface area (Å²) < 4.78 is 27.7. The van der Waals surface area contributed by atoms with Crippen molar-refractivity contribution in [1.29, 1.82) is 0 Å². The van der Waals surface area contributed by atoms with Gasteiger partial charge in [0.2, 0.25) is 10.0 Å². The van der Waals surface area contributed by atoms with Gasteiger partial charge in [-0.1, -0.05) is 30.3 Å². The molecule has 0 aromatic heterocycles. The minimum absolute atomic E-state index is 0.0192. The molecule has 1 N–H and O–H groups in total. The second-order valence-electron chi connectivity index (χ2n) is 7.85. The van der Waals surface area contributed by atoms with E-state index in [0.29, 0.717) is 18.0 Å². The number of hydrogen-bond donors (Lipinski definition) is 1. The van der Waals surface area contributed by atoms with Crippen LogP contribution in [0.2, 0.25) is 0 Å². The highest BCUT2D eigenvalue weighted by molar-refractivity contribution is 7.89. The lowest BCUT2D eigenvalue weighted by molar-refractivity contribution is 0.0715. The molecule has 2 aromatic rings. The number of rotatable bonds is 6. The number of hydrogen-bond acceptors (Lipinski definition) is 3. The van der Waals surface area contributed by atoms with Crippen LogP contribution in [0.25, 0.3) is 0 Å². The SMILES string of the molecule is CN(C(=O)c1cccc(S(=O)(=O)NCC2CC2)c1)C1CCCc2ccccc21. The Labute approximate surface area is 166 Å². The van der Waals surface area contributed by atoms with Crippen molar-refractivity contribution in [3.63, 3.8) is 0 Å². The average Bonchev–Trinajstić information content (AvgIpc) is 3.55. The molecule has 2 aliphatic carbocycles. The van der Waals surface area contributed by atoms with Crippen molar-refractivity contribution in [3.05, 3.63) is 65.2 Å².